The van der Waals surface area contributed by atoms with Crippen molar-refractivity contribution in [3.05, 3.63) is 99.7 Å². The summed E-state index contributed by atoms with van der Waals surface area (Å²) in [7, 11) is 0. The minimum Gasteiger partial charge on any atom is -0.489 e. The molecule has 0 fully saturated rings. The summed E-state index contributed by atoms with van der Waals surface area (Å²) >= 11 is 0. The predicted molar refractivity (Wildman–Crippen MR) is 123 cm³/mol. The molecule has 0 bridgehead atoms. The van der Waals surface area contributed by atoms with Gasteiger partial charge < -0.3 is 15.0 Å². The summed E-state index contributed by atoms with van der Waals surface area (Å²) in [6.45, 7) is 8.17. The second-order valence-corrected chi connectivity index (χ2v) is 8.43. The lowest BCUT2D eigenvalue weighted by atomic mass is 9.90. The van der Waals surface area contributed by atoms with Crippen molar-refractivity contribution in [2.24, 2.45) is 0 Å². The molecular formula is C27H28N2O. The maximum Gasteiger partial charge on any atom is 0.120 e. The molecule has 1 aliphatic rings. The van der Waals surface area contributed by atoms with E-state index in [4.69, 9.17) is 4.74 Å². The van der Waals surface area contributed by atoms with E-state index in [2.05, 4.69) is 73.5 Å². The molecule has 1 aromatic heterocycles. The Kier molecular flexibility index (Phi) is 4.84. The van der Waals surface area contributed by atoms with Gasteiger partial charge in [-0.15, -0.1) is 0 Å². The lowest BCUT2D eigenvalue weighted by Crippen LogP contribution is -2.31. The van der Waals surface area contributed by atoms with Crippen LogP contribution in [0.15, 0.2) is 60.7 Å². The first kappa shape index (κ1) is 19.0. The molecule has 5 rings (SSSR count). The van der Waals surface area contributed by atoms with Crippen LogP contribution in [-0.2, 0) is 13.0 Å². The molecule has 3 nitrogen and oxygen atoms in total. The van der Waals surface area contributed by atoms with Crippen molar-refractivity contribution in [1.82, 2.24) is 10.3 Å². The number of aromatic amines is 1. The summed E-state index contributed by atoms with van der Waals surface area (Å²) in [6.07, 6.45) is 1.03. The average molecular weight is 397 g/mol. The molecule has 1 aliphatic heterocycles. The molecule has 0 aliphatic carbocycles. The molecule has 2 N–H and O–H groups in total. The molecule has 0 radical (unpaired) electrons. The van der Waals surface area contributed by atoms with Crippen molar-refractivity contribution in [2.45, 2.75) is 39.8 Å². The molecule has 0 amide bonds. The second kappa shape index (κ2) is 7.66. The lowest BCUT2D eigenvalue weighted by molar-refractivity contribution is 0.306. The molecule has 2 heterocycles. The average Bonchev–Trinajstić information content (AvgIpc) is 3.14. The number of aryl methyl sites for hydroxylation is 3. The van der Waals surface area contributed by atoms with Crippen LogP contribution < -0.4 is 10.1 Å². The molecule has 30 heavy (non-hydrogen) atoms. The van der Waals surface area contributed by atoms with Gasteiger partial charge in [0.25, 0.3) is 0 Å². The van der Waals surface area contributed by atoms with Crippen LogP contribution in [0.2, 0.25) is 0 Å². The number of fused-ring (bicyclic) bond motifs is 3. The van der Waals surface area contributed by atoms with Crippen LogP contribution in [0.4, 0.5) is 0 Å². The van der Waals surface area contributed by atoms with E-state index in [1.807, 2.05) is 18.2 Å². The quantitative estimate of drug-likeness (QED) is 0.450. The van der Waals surface area contributed by atoms with Gasteiger partial charge in [0.1, 0.15) is 12.4 Å². The smallest absolute Gasteiger partial charge is 0.120 e. The summed E-state index contributed by atoms with van der Waals surface area (Å²) in [5.41, 5.74) is 10.5. The molecule has 0 saturated heterocycles. The normalized spacial score (nSPS) is 15.9. The Morgan fingerprint density at radius 2 is 1.70 bits per heavy atom. The van der Waals surface area contributed by atoms with Crippen LogP contribution in [0.25, 0.3) is 10.9 Å². The molecule has 0 spiro atoms. The van der Waals surface area contributed by atoms with Crippen molar-refractivity contribution >= 4 is 10.9 Å². The summed E-state index contributed by atoms with van der Waals surface area (Å²) in [6, 6.07) is 21.6. The zero-order valence-corrected chi connectivity index (χ0v) is 17.9. The summed E-state index contributed by atoms with van der Waals surface area (Å²) in [4.78, 5) is 3.71. The number of hydrogen-bond donors (Lipinski definition) is 2. The zero-order valence-electron chi connectivity index (χ0n) is 17.9. The van der Waals surface area contributed by atoms with Gasteiger partial charge in [0.05, 0.1) is 6.04 Å². The molecule has 1 unspecified atom stereocenters. The van der Waals surface area contributed by atoms with Crippen LogP contribution in [-0.4, -0.2) is 11.5 Å². The van der Waals surface area contributed by atoms with Crippen molar-refractivity contribution in [1.29, 1.82) is 0 Å². The van der Waals surface area contributed by atoms with Crippen LogP contribution in [0.1, 0.15) is 45.1 Å². The first-order valence-electron chi connectivity index (χ1n) is 10.7. The molecule has 152 valence electrons. The van der Waals surface area contributed by atoms with Gasteiger partial charge in [0, 0.05) is 23.1 Å². The number of rotatable bonds is 4. The number of H-pyrrole nitrogens is 1. The van der Waals surface area contributed by atoms with E-state index >= 15 is 0 Å². The summed E-state index contributed by atoms with van der Waals surface area (Å²) < 4.78 is 6.09. The lowest BCUT2D eigenvalue weighted by Gasteiger charge is -2.27. The van der Waals surface area contributed by atoms with Crippen LogP contribution in [0, 0.1) is 20.8 Å². The predicted octanol–water partition coefficient (Wildman–Crippen LogP) is 5.91. The van der Waals surface area contributed by atoms with E-state index < -0.39 is 0 Å². The maximum atomic E-state index is 6.09. The molecule has 3 aromatic carbocycles. The minimum atomic E-state index is 0.203. The van der Waals surface area contributed by atoms with Crippen molar-refractivity contribution in [3.63, 3.8) is 0 Å². The number of benzene rings is 3. The van der Waals surface area contributed by atoms with Gasteiger partial charge >= 0.3 is 0 Å². The van der Waals surface area contributed by atoms with E-state index in [1.165, 1.54) is 50.0 Å². The first-order valence-corrected chi connectivity index (χ1v) is 10.7. The fourth-order valence-electron chi connectivity index (χ4n) is 4.60. The third-order valence-corrected chi connectivity index (χ3v) is 6.36. The highest BCUT2D eigenvalue weighted by molar-refractivity contribution is 5.86. The largest absolute Gasteiger partial charge is 0.489 e. The summed E-state index contributed by atoms with van der Waals surface area (Å²) in [5, 5.41) is 5.02. The Balaban J connectivity index is 1.50. The Labute approximate surface area is 178 Å². The molecule has 4 aromatic rings. The Bertz CT molecular complexity index is 1210. The summed E-state index contributed by atoms with van der Waals surface area (Å²) in [5.74, 6) is 0.922. The Morgan fingerprint density at radius 1 is 0.900 bits per heavy atom. The van der Waals surface area contributed by atoms with Gasteiger partial charge in [-0.25, -0.2) is 0 Å². The minimum absolute atomic E-state index is 0.203. The third-order valence-electron chi connectivity index (χ3n) is 6.36. The van der Waals surface area contributed by atoms with Crippen molar-refractivity contribution in [2.75, 3.05) is 6.54 Å². The number of nitrogens with one attached hydrogen (secondary N) is 2. The van der Waals surface area contributed by atoms with Gasteiger partial charge in [-0.05, 0) is 78.8 Å². The highest BCUT2D eigenvalue weighted by Gasteiger charge is 2.26. The van der Waals surface area contributed by atoms with Crippen molar-refractivity contribution < 1.29 is 4.74 Å². The van der Waals surface area contributed by atoms with Gasteiger partial charge in [-0.1, -0.05) is 42.5 Å². The van der Waals surface area contributed by atoms with E-state index in [-0.39, 0.29) is 6.04 Å². The van der Waals surface area contributed by atoms with E-state index in [0.29, 0.717) is 6.61 Å². The standard InChI is InChI=1S/C27H28N2O/c1-17-13-19(3)23(14-18(17)2)26-27-22(11-12-28-26)24-15-21(9-10-25(24)29-27)30-16-20-7-5-4-6-8-20/h4-10,13-15,26,28-29H,11-12,16H2,1-3H3. The van der Waals surface area contributed by atoms with Gasteiger partial charge in [0.2, 0.25) is 0 Å². The van der Waals surface area contributed by atoms with Gasteiger partial charge in [0.15, 0.2) is 0 Å². The van der Waals surface area contributed by atoms with Crippen LogP contribution >= 0.6 is 0 Å². The Hall–Kier alpha value is -3.04. The number of ether oxygens (including phenoxy) is 1. The SMILES string of the molecule is Cc1cc(C)c(C2NCCc3c2[nH]c2ccc(OCc4ccccc4)cc32)cc1C. The van der Waals surface area contributed by atoms with E-state index in [9.17, 15) is 0 Å². The number of aromatic nitrogens is 1. The fourth-order valence-corrected chi connectivity index (χ4v) is 4.60. The van der Waals surface area contributed by atoms with E-state index in [0.717, 1.165) is 18.7 Å². The van der Waals surface area contributed by atoms with E-state index in [1.54, 1.807) is 0 Å². The van der Waals surface area contributed by atoms with Crippen LogP contribution in [0.5, 0.6) is 5.75 Å². The zero-order chi connectivity index (χ0) is 20.7. The maximum absolute atomic E-state index is 6.09. The first-order chi connectivity index (χ1) is 14.6. The molecule has 1 atom stereocenters. The van der Waals surface area contributed by atoms with Crippen molar-refractivity contribution in [3.8, 4) is 5.75 Å². The molecule has 3 heteroatoms. The fraction of sp³-hybridized carbons (Fsp3) is 0.259. The highest BCUT2D eigenvalue weighted by Crippen LogP contribution is 2.36. The Morgan fingerprint density at radius 3 is 2.53 bits per heavy atom. The second-order valence-electron chi connectivity index (χ2n) is 8.43. The number of hydrogen-bond acceptors (Lipinski definition) is 2. The highest BCUT2D eigenvalue weighted by atomic mass is 16.5. The topological polar surface area (TPSA) is 37.0 Å². The van der Waals surface area contributed by atoms with Crippen LogP contribution in [0.3, 0.4) is 0 Å². The van der Waals surface area contributed by atoms with Gasteiger partial charge in [-0.2, -0.15) is 0 Å². The monoisotopic (exact) mass is 396 g/mol. The third kappa shape index (κ3) is 3.40. The molecular weight excluding hydrogens is 368 g/mol. The molecule has 0 saturated carbocycles. The van der Waals surface area contributed by atoms with Gasteiger partial charge in [-0.3, -0.25) is 0 Å².